The summed E-state index contributed by atoms with van der Waals surface area (Å²) in [5.74, 6) is 0.300. The average Bonchev–Trinajstić information content (AvgIpc) is 2.15. The molecule has 0 aromatic carbocycles. The first-order valence-corrected chi connectivity index (χ1v) is 5.98. The number of hydrogen-bond donors (Lipinski definition) is 0. The van der Waals surface area contributed by atoms with Gasteiger partial charge < -0.3 is 0 Å². The van der Waals surface area contributed by atoms with Crippen LogP contribution in [0.4, 0.5) is 0 Å². The molecule has 3 nitrogen and oxygen atoms in total. The second-order valence-corrected chi connectivity index (χ2v) is 4.93. The Balaban J connectivity index is 2.35. The third-order valence-electron chi connectivity index (χ3n) is 3.28. The van der Waals surface area contributed by atoms with Gasteiger partial charge >= 0.3 is 0 Å². The predicted molar refractivity (Wildman–Crippen MR) is 63.0 cm³/mol. The van der Waals surface area contributed by atoms with E-state index in [0.717, 1.165) is 26.2 Å². The fraction of sp³-hybridized carbons (Fsp3) is 0.917. The summed E-state index contributed by atoms with van der Waals surface area (Å²) in [5, 5.41) is 0. The highest BCUT2D eigenvalue weighted by molar-refractivity contribution is 5.75. The molecule has 0 aromatic rings. The number of rotatable bonds is 4. The summed E-state index contributed by atoms with van der Waals surface area (Å²) in [4.78, 5) is 15.9. The highest BCUT2D eigenvalue weighted by Gasteiger charge is 2.24. The molecule has 1 rings (SSSR count). The van der Waals surface area contributed by atoms with Gasteiger partial charge in [0.15, 0.2) is 0 Å². The Morgan fingerprint density at radius 3 is 2.53 bits per heavy atom. The van der Waals surface area contributed by atoms with Crippen LogP contribution < -0.4 is 0 Å². The highest BCUT2D eigenvalue weighted by Crippen LogP contribution is 2.12. The van der Waals surface area contributed by atoms with Gasteiger partial charge in [-0.05, 0) is 27.7 Å². The van der Waals surface area contributed by atoms with Crippen molar-refractivity contribution in [2.24, 2.45) is 0 Å². The summed E-state index contributed by atoms with van der Waals surface area (Å²) in [6, 6.07) is 1.22. The molecule has 0 bridgehead atoms. The fourth-order valence-electron chi connectivity index (χ4n) is 2.13. The monoisotopic (exact) mass is 212 g/mol. The number of hydrogen-bond acceptors (Lipinski definition) is 3. The van der Waals surface area contributed by atoms with Crippen LogP contribution >= 0.6 is 0 Å². The maximum absolute atomic E-state index is 10.9. The largest absolute Gasteiger partial charge is 0.300 e. The van der Waals surface area contributed by atoms with E-state index in [0.29, 0.717) is 24.3 Å². The van der Waals surface area contributed by atoms with Gasteiger partial charge in [-0.25, -0.2) is 0 Å². The van der Waals surface area contributed by atoms with Crippen molar-refractivity contribution >= 4 is 5.78 Å². The van der Waals surface area contributed by atoms with Gasteiger partial charge in [-0.15, -0.1) is 0 Å². The standard InChI is InChI=1S/C12H24N2O/c1-10(2)14-8-7-13(11(3)9-14)6-5-12(4)15/h10-11H,5-9H2,1-4H3. The van der Waals surface area contributed by atoms with Gasteiger partial charge in [0.25, 0.3) is 0 Å². The Morgan fingerprint density at radius 1 is 1.40 bits per heavy atom. The van der Waals surface area contributed by atoms with E-state index in [-0.39, 0.29) is 0 Å². The molecule has 0 aromatic heterocycles. The van der Waals surface area contributed by atoms with Crippen LogP contribution in [-0.4, -0.2) is 53.8 Å². The van der Waals surface area contributed by atoms with E-state index in [1.165, 1.54) is 0 Å². The van der Waals surface area contributed by atoms with E-state index in [4.69, 9.17) is 0 Å². The molecule has 88 valence electrons. The number of carbonyl (C=O) groups excluding carboxylic acids is 1. The van der Waals surface area contributed by atoms with Crippen molar-refractivity contribution in [1.29, 1.82) is 0 Å². The second kappa shape index (κ2) is 5.61. The summed E-state index contributed by atoms with van der Waals surface area (Å²) in [5.41, 5.74) is 0. The second-order valence-electron chi connectivity index (χ2n) is 4.93. The lowest BCUT2D eigenvalue weighted by Crippen LogP contribution is -2.53. The molecular formula is C12H24N2O. The maximum atomic E-state index is 10.9. The predicted octanol–water partition coefficient (Wildman–Crippen LogP) is 1.38. The average molecular weight is 212 g/mol. The van der Waals surface area contributed by atoms with Crippen LogP contribution in [0.3, 0.4) is 0 Å². The zero-order chi connectivity index (χ0) is 11.4. The number of carbonyl (C=O) groups is 1. The Bertz CT molecular complexity index is 216. The molecule has 0 aliphatic carbocycles. The first-order valence-electron chi connectivity index (χ1n) is 5.98. The zero-order valence-electron chi connectivity index (χ0n) is 10.5. The Morgan fingerprint density at radius 2 is 2.07 bits per heavy atom. The lowest BCUT2D eigenvalue weighted by Gasteiger charge is -2.41. The fourth-order valence-corrected chi connectivity index (χ4v) is 2.13. The maximum Gasteiger partial charge on any atom is 0.131 e. The Labute approximate surface area is 93.4 Å². The smallest absolute Gasteiger partial charge is 0.131 e. The van der Waals surface area contributed by atoms with Crippen LogP contribution in [0.15, 0.2) is 0 Å². The minimum Gasteiger partial charge on any atom is -0.300 e. The van der Waals surface area contributed by atoms with E-state index in [1.54, 1.807) is 6.92 Å². The lowest BCUT2D eigenvalue weighted by molar-refractivity contribution is -0.117. The van der Waals surface area contributed by atoms with Crippen molar-refractivity contribution in [3.63, 3.8) is 0 Å². The minimum absolute atomic E-state index is 0.300. The Kier molecular flexibility index (Phi) is 4.74. The summed E-state index contributed by atoms with van der Waals surface area (Å²) in [7, 11) is 0. The van der Waals surface area contributed by atoms with Gasteiger partial charge in [0.2, 0.25) is 0 Å². The number of ketones is 1. The molecule has 1 unspecified atom stereocenters. The van der Waals surface area contributed by atoms with E-state index < -0.39 is 0 Å². The van der Waals surface area contributed by atoms with Crippen LogP contribution in [0.5, 0.6) is 0 Å². The van der Waals surface area contributed by atoms with Crippen molar-refractivity contribution in [3.8, 4) is 0 Å². The first-order chi connectivity index (χ1) is 7.00. The summed E-state index contributed by atoms with van der Waals surface area (Å²) in [6.45, 7) is 12.7. The van der Waals surface area contributed by atoms with E-state index in [9.17, 15) is 4.79 Å². The van der Waals surface area contributed by atoms with Crippen LogP contribution in [0.25, 0.3) is 0 Å². The SMILES string of the molecule is CC(=O)CCN1CCN(C(C)C)CC1C. The van der Waals surface area contributed by atoms with Crippen molar-refractivity contribution in [2.45, 2.75) is 46.2 Å². The normalized spacial score (nSPS) is 24.7. The van der Waals surface area contributed by atoms with Crippen LogP contribution in [0, 0.1) is 0 Å². The molecule has 0 spiro atoms. The molecule has 1 aliphatic rings. The molecule has 0 N–H and O–H groups in total. The molecule has 1 fully saturated rings. The summed E-state index contributed by atoms with van der Waals surface area (Å²) < 4.78 is 0. The number of piperazine rings is 1. The van der Waals surface area contributed by atoms with Gasteiger partial charge in [0, 0.05) is 44.7 Å². The van der Waals surface area contributed by atoms with E-state index >= 15 is 0 Å². The summed E-state index contributed by atoms with van der Waals surface area (Å²) >= 11 is 0. The quantitative estimate of drug-likeness (QED) is 0.703. The molecule has 1 saturated heterocycles. The van der Waals surface area contributed by atoms with Crippen molar-refractivity contribution in [1.82, 2.24) is 9.80 Å². The highest BCUT2D eigenvalue weighted by atomic mass is 16.1. The van der Waals surface area contributed by atoms with E-state index in [2.05, 4.69) is 30.6 Å². The third-order valence-corrected chi connectivity index (χ3v) is 3.28. The number of Topliss-reactive ketones (excluding diaryl/α,β-unsaturated/α-hetero) is 1. The van der Waals surface area contributed by atoms with Crippen LogP contribution in [-0.2, 0) is 4.79 Å². The van der Waals surface area contributed by atoms with Gasteiger partial charge in [-0.1, -0.05) is 0 Å². The third kappa shape index (κ3) is 3.92. The van der Waals surface area contributed by atoms with Gasteiger partial charge in [0.1, 0.15) is 5.78 Å². The number of nitrogens with zero attached hydrogens (tertiary/aromatic N) is 2. The molecule has 0 amide bonds. The van der Waals surface area contributed by atoms with Crippen molar-refractivity contribution in [2.75, 3.05) is 26.2 Å². The van der Waals surface area contributed by atoms with Crippen molar-refractivity contribution in [3.05, 3.63) is 0 Å². The first kappa shape index (κ1) is 12.7. The molecule has 1 aliphatic heterocycles. The lowest BCUT2D eigenvalue weighted by atomic mass is 10.1. The van der Waals surface area contributed by atoms with Gasteiger partial charge in [0.05, 0.1) is 0 Å². The molecule has 0 radical (unpaired) electrons. The van der Waals surface area contributed by atoms with Crippen LogP contribution in [0.1, 0.15) is 34.1 Å². The topological polar surface area (TPSA) is 23.6 Å². The molecule has 0 saturated carbocycles. The zero-order valence-corrected chi connectivity index (χ0v) is 10.5. The molecule has 15 heavy (non-hydrogen) atoms. The van der Waals surface area contributed by atoms with Gasteiger partial charge in [-0.2, -0.15) is 0 Å². The molecule has 3 heteroatoms. The van der Waals surface area contributed by atoms with Crippen molar-refractivity contribution < 1.29 is 4.79 Å². The summed E-state index contributed by atoms with van der Waals surface area (Å²) in [6.07, 6.45) is 0.700. The van der Waals surface area contributed by atoms with Gasteiger partial charge in [-0.3, -0.25) is 14.6 Å². The molecule has 1 atom stereocenters. The van der Waals surface area contributed by atoms with E-state index in [1.807, 2.05) is 0 Å². The molecule has 1 heterocycles. The Hall–Kier alpha value is -0.410. The molecular weight excluding hydrogens is 188 g/mol. The van der Waals surface area contributed by atoms with Crippen LogP contribution in [0.2, 0.25) is 0 Å². The minimum atomic E-state index is 0.300.